The Morgan fingerprint density at radius 1 is 1.30 bits per heavy atom. The van der Waals surface area contributed by atoms with Crippen LogP contribution in [0.4, 0.5) is 4.39 Å². The third kappa shape index (κ3) is 2.12. The summed E-state index contributed by atoms with van der Waals surface area (Å²) >= 11 is 0. The number of nitrogens with zero attached hydrogens (tertiary/aromatic N) is 2. The van der Waals surface area contributed by atoms with Crippen molar-refractivity contribution in [1.82, 2.24) is 9.38 Å². The van der Waals surface area contributed by atoms with E-state index in [4.69, 9.17) is 4.74 Å². The lowest BCUT2D eigenvalue weighted by Gasteiger charge is -2.07. The van der Waals surface area contributed by atoms with Crippen LogP contribution in [0, 0.1) is 12.7 Å². The van der Waals surface area contributed by atoms with Crippen LogP contribution in [0.15, 0.2) is 42.6 Å². The fourth-order valence-electron chi connectivity index (χ4n) is 2.08. The van der Waals surface area contributed by atoms with Crippen LogP contribution in [0.1, 0.15) is 11.3 Å². The summed E-state index contributed by atoms with van der Waals surface area (Å²) in [7, 11) is 0. The molecule has 102 valence electrons. The van der Waals surface area contributed by atoms with E-state index in [1.54, 1.807) is 23.6 Å². The maximum atomic E-state index is 13.1. The molecule has 0 aliphatic heterocycles. The van der Waals surface area contributed by atoms with Crippen LogP contribution in [0.5, 0.6) is 11.6 Å². The Kier molecular flexibility index (Phi) is 3.12. The Labute approximate surface area is 115 Å². The first-order chi connectivity index (χ1) is 9.69. The first-order valence-electron chi connectivity index (χ1n) is 6.20. The van der Waals surface area contributed by atoms with Crippen molar-refractivity contribution in [2.24, 2.45) is 0 Å². The molecule has 0 bridgehead atoms. The van der Waals surface area contributed by atoms with Gasteiger partial charge >= 0.3 is 0 Å². The molecular weight excluding hydrogens is 259 g/mol. The molecule has 0 aliphatic carbocycles. The third-order valence-corrected chi connectivity index (χ3v) is 3.09. The molecule has 3 rings (SSSR count). The molecule has 0 saturated heterocycles. The molecule has 0 aliphatic rings. The lowest BCUT2D eigenvalue weighted by atomic mass is 10.2. The highest BCUT2D eigenvalue weighted by Crippen LogP contribution is 2.28. The zero-order chi connectivity index (χ0) is 14.1. The van der Waals surface area contributed by atoms with Gasteiger partial charge in [-0.2, -0.15) is 4.98 Å². The number of aliphatic hydroxyl groups is 1. The fourth-order valence-corrected chi connectivity index (χ4v) is 2.08. The molecule has 0 radical (unpaired) electrons. The predicted octanol–water partition coefficient (Wildman–Crippen LogP) is 3.07. The molecule has 0 spiro atoms. The number of fused-ring (bicyclic) bond motifs is 1. The summed E-state index contributed by atoms with van der Waals surface area (Å²) in [4.78, 5) is 4.33. The van der Waals surface area contributed by atoms with Crippen LogP contribution in [-0.4, -0.2) is 14.5 Å². The normalized spacial score (nSPS) is 10.9. The Bertz CT molecular complexity index is 768. The zero-order valence-electron chi connectivity index (χ0n) is 10.9. The number of benzene rings is 1. The maximum Gasteiger partial charge on any atom is 0.243 e. The van der Waals surface area contributed by atoms with Gasteiger partial charge in [0.1, 0.15) is 22.9 Å². The zero-order valence-corrected chi connectivity index (χ0v) is 10.9. The molecule has 0 amide bonds. The number of aliphatic hydroxyl groups excluding tert-OH is 1. The molecule has 4 nitrogen and oxygen atoms in total. The van der Waals surface area contributed by atoms with Gasteiger partial charge in [-0.25, -0.2) is 4.39 Å². The summed E-state index contributed by atoms with van der Waals surface area (Å²) in [5.74, 6) is 0.533. The predicted molar refractivity (Wildman–Crippen MR) is 72.3 cm³/mol. The second kappa shape index (κ2) is 4.94. The molecule has 2 heterocycles. The molecule has 5 heteroatoms. The molecular formula is C15H13FN2O2. The standard InChI is InChI=1S/C15H13FN2O2/c1-10-8-11(16)5-6-13(10)20-15-12(9-19)18-7-3-2-4-14(18)17-15/h2-8,19H,9H2,1H3. The molecule has 1 N–H and O–H groups in total. The van der Waals surface area contributed by atoms with Crippen molar-refractivity contribution in [1.29, 1.82) is 0 Å². The van der Waals surface area contributed by atoms with Crippen molar-refractivity contribution in [3.05, 3.63) is 59.7 Å². The molecule has 3 aromatic rings. The van der Waals surface area contributed by atoms with Gasteiger partial charge < -0.3 is 9.84 Å². The molecule has 20 heavy (non-hydrogen) atoms. The minimum absolute atomic E-state index is 0.194. The first-order valence-corrected chi connectivity index (χ1v) is 6.20. The monoisotopic (exact) mass is 272 g/mol. The number of hydrogen-bond acceptors (Lipinski definition) is 3. The topological polar surface area (TPSA) is 46.8 Å². The van der Waals surface area contributed by atoms with E-state index in [0.717, 1.165) is 0 Å². The quantitative estimate of drug-likeness (QED) is 0.797. The third-order valence-electron chi connectivity index (χ3n) is 3.09. The SMILES string of the molecule is Cc1cc(F)ccc1Oc1nc2ccccn2c1CO. The Morgan fingerprint density at radius 3 is 2.90 bits per heavy atom. The van der Waals surface area contributed by atoms with Gasteiger partial charge in [-0.05, 0) is 42.8 Å². The Morgan fingerprint density at radius 2 is 2.15 bits per heavy atom. The van der Waals surface area contributed by atoms with E-state index in [1.807, 2.05) is 18.2 Å². The van der Waals surface area contributed by atoms with Gasteiger partial charge in [-0.3, -0.25) is 4.40 Å². The summed E-state index contributed by atoms with van der Waals surface area (Å²) < 4.78 is 20.6. The van der Waals surface area contributed by atoms with E-state index in [-0.39, 0.29) is 12.4 Å². The van der Waals surface area contributed by atoms with Gasteiger partial charge in [-0.1, -0.05) is 6.07 Å². The van der Waals surface area contributed by atoms with Crippen LogP contribution in [-0.2, 0) is 6.61 Å². The summed E-state index contributed by atoms with van der Waals surface area (Å²) in [5, 5.41) is 9.50. The average Bonchev–Trinajstić information content (AvgIpc) is 2.79. The summed E-state index contributed by atoms with van der Waals surface area (Å²) in [6.45, 7) is 1.56. The van der Waals surface area contributed by atoms with E-state index >= 15 is 0 Å². The van der Waals surface area contributed by atoms with Crippen molar-refractivity contribution in [2.75, 3.05) is 0 Å². The molecule has 0 unspecified atom stereocenters. The molecule has 0 saturated carbocycles. The summed E-state index contributed by atoms with van der Waals surface area (Å²) in [6.07, 6.45) is 1.80. The van der Waals surface area contributed by atoms with Crippen molar-refractivity contribution < 1.29 is 14.2 Å². The van der Waals surface area contributed by atoms with E-state index < -0.39 is 0 Å². The van der Waals surface area contributed by atoms with E-state index in [2.05, 4.69) is 4.98 Å². The number of hydrogen-bond donors (Lipinski definition) is 1. The number of rotatable bonds is 3. The highest BCUT2D eigenvalue weighted by molar-refractivity contribution is 5.47. The van der Waals surface area contributed by atoms with E-state index in [1.165, 1.54) is 12.1 Å². The van der Waals surface area contributed by atoms with Gasteiger partial charge in [-0.15, -0.1) is 0 Å². The van der Waals surface area contributed by atoms with Gasteiger partial charge in [0, 0.05) is 6.20 Å². The lowest BCUT2D eigenvalue weighted by Crippen LogP contribution is -1.95. The van der Waals surface area contributed by atoms with Gasteiger partial charge in [0.05, 0.1) is 6.61 Å². The second-order valence-electron chi connectivity index (χ2n) is 4.46. The van der Waals surface area contributed by atoms with Crippen molar-refractivity contribution >= 4 is 5.65 Å². The largest absolute Gasteiger partial charge is 0.437 e. The van der Waals surface area contributed by atoms with Crippen molar-refractivity contribution in [3.8, 4) is 11.6 Å². The summed E-state index contributed by atoms with van der Waals surface area (Å²) in [6, 6.07) is 9.80. The highest BCUT2D eigenvalue weighted by Gasteiger charge is 2.14. The van der Waals surface area contributed by atoms with E-state index in [9.17, 15) is 9.50 Å². The number of ether oxygens (including phenoxy) is 1. The average molecular weight is 272 g/mol. The van der Waals surface area contributed by atoms with E-state index in [0.29, 0.717) is 28.5 Å². The number of imidazole rings is 1. The van der Waals surface area contributed by atoms with Crippen LogP contribution in [0.3, 0.4) is 0 Å². The van der Waals surface area contributed by atoms with Crippen molar-refractivity contribution in [2.45, 2.75) is 13.5 Å². The molecule has 0 atom stereocenters. The van der Waals surface area contributed by atoms with Crippen LogP contribution >= 0.6 is 0 Å². The summed E-state index contributed by atoms with van der Waals surface area (Å²) in [5.41, 5.74) is 1.92. The Hall–Kier alpha value is -2.40. The van der Waals surface area contributed by atoms with Gasteiger partial charge in [0.25, 0.3) is 0 Å². The van der Waals surface area contributed by atoms with Crippen LogP contribution < -0.4 is 4.74 Å². The number of pyridine rings is 1. The van der Waals surface area contributed by atoms with Gasteiger partial charge in [0.15, 0.2) is 0 Å². The molecule has 2 aromatic heterocycles. The minimum Gasteiger partial charge on any atom is -0.437 e. The molecule has 0 fully saturated rings. The Balaban J connectivity index is 2.06. The van der Waals surface area contributed by atoms with Gasteiger partial charge in [0.2, 0.25) is 5.88 Å². The maximum absolute atomic E-state index is 13.1. The second-order valence-corrected chi connectivity index (χ2v) is 4.46. The molecule has 1 aromatic carbocycles. The fraction of sp³-hybridized carbons (Fsp3) is 0.133. The number of aryl methyl sites for hydroxylation is 1. The smallest absolute Gasteiger partial charge is 0.243 e. The minimum atomic E-state index is -0.313. The van der Waals surface area contributed by atoms with Crippen LogP contribution in [0.2, 0.25) is 0 Å². The number of halogens is 1. The van der Waals surface area contributed by atoms with Crippen LogP contribution in [0.25, 0.3) is 5.65 Å². The van der Waals surface area contributed by atoms with Crippen molar-refractivity contribution in [3.63, 3.8) is 0 Å². The first kappa shape index (κ1) is 12.6. The number of aromatic nitrogens is 2. The highest BCUT2D eigenvalue weighted by atomic mass is 19.1. The lowest BCUT2D eigenvalue weighted by molar-refractivity contribution is 0.269.